The lowest BCUT2D eigenvalue weighted by Gasteiger charge is -2.57. The van der Waals surface area contributed by atoms with Crippen molar-refractivity contribution >= 4 is 35.0 Å². The average molecular weight is 491 g/mol. The number of hydrogen-bond donors (Lipinski definition) is 0. The number of halogens is 1. The highest BCUT2D eigenvalue weighted by Gasteiger charge is 2.58. The molecule has 2 aromatic rings. The largest absolute Gasteiger partial charge is 0.323 e. The number of imide groups is 1. The van der Waals surface area contributed by atoms with Crippen LogP contribution < -0.4 is 4.90 Å². The van der Waals surface area contributed by atoms with Crippen molar-refractivity contribution < 1.29 is 14.4 Å². The number of nitrogens with zero attached hydrogens (tertiary/aromatic N) is 2. The number of carbonyl (C=O) groups is 3. The zero-order chi connectivity index (χ0) is 24.3. The van der Waals surface area contributed by atoms with Gasteiger partial charge in [-0.2, -0.15) is 0 Å². The Bertz CT molecular complexity index is 1130. The van der Waals surface area contributed by atoms with Crippen LogP contribution in [0.5, 0.6) is 0 Å². The van der Waals surface area contributed by atoms with Crippen LogP contribution in [0.2, 0.25) is 5.02 Å². The van der Waals surface area contributed by atoms with Crippen LogP contribution in [-0.2, 0) is 14.4 Å². The van der Waals surface area contributed by atoms with Crippen LogP contribution in [-0.4, -0.2) is 28.7 Å². The minimum Gasteiger partial charge on any atom is -0.323 e. The molecule has 1 heterocycles. The molecule has 4 aliphatic carbocycles. The van der Waals surface area contributed by atoms with Crippen LogP contribution in [0.1, 0.15) is 63.5 Å². The van der Waals surface area contributed by atoms with E-state index in [0.717, 1.165) is 24.8 Å². The molecular formula is C29H31ClN2O3. The van der Waals surface area contributed by atoms with Gasteiger partial charge in [0.25, 0.3) is 5.91 Å². The third-order valence-corrected chi connectivity index (χ3v) is 9.22. The van der Waals surface area contributed by atoms with Gasteiger partial charge in [0, 0.05) is 5.02 Å². The van der Waals surface area contributed by atoms with Crippen molar-refractivity contribution in [2.24, 2.45) is 23.2 Å². The van der Waals surface area contributed by atoms with Crippen molar-refractivity contribution in [3.05, 3.63) is 65.2 Å². The minimum absolute atomic E-state index is 0.0107. The zero-order valence-corrected chi connectivity index (χ0v) is 20.8. The van der Waals surface area contributed by atoms with Crippen molar-refractivity contribution in [3.8, 4) is 0 Å². The van der Waals surface area contributed by atoms with Gasteiger partial charge in [-0.15, -0.1) is 0 Å². The number of anilines is 1. The van der Waals surface area contributed by atoms with Crippen molar-refractivity contribution in [3.63, 3.8) is 0 Å². The molecule has 0 radical (unpaired) electrons. The van der Waals surface area contributed by atoms with Gasteiger partial charge in [0.05, 0.1) is 23.6 Å². The van der Waals surface area contributed by atoms with E-state index in [0.29, 0.717) is 28.5 Å². The summed E-state index contributed by atoms with van der Waals surface area (Å²) in [5, 5.41) is 0.542. The summed E-state index contributed by atoms with van der Waals surface area (Å²) < 4.78 is 0. The molecule has 5 fully saturated rings. The fourth-order valence-electron chi connectivity index (χ4n) is 7.82. The number of hydrogen-bond acceptors (Lipinski definition) is 3. The van der Waals surface area contributed by atoms with E-state index < -0.39 is 11.5 Å². The highest BCUT2D eigenvalue weighted by molar-refractivity contribution is 6.31. The third kappa shape index (κ3) is 3.79. The average Bonchev–Trinajstić information content (AvgIpc) is 3.13. The molecule has 5 nitrogen and oxygen atoms in total. The SMILES string of the molecule is CC(c1ccccc1)N(C(=O)C12CC3CC(CC(C3)C1)C2)C1CC(=O)N(c2ccc(Cl)cc2)C1=O. The number of benzene rings is 2. The van der Waals surface area contributed by atoms with E-state index in [1.165, 1.54) is 24.2 Å². The number of rotatable bonds is 5. The maximum Gasteiger partial charge on any atom is 0.257 e. The van der Waals surface area contributed by atoms with E-state index in [4.69, 9.17) is 11.6 Å². The maximum atomic E-state index is 14.6. The molecule has 5 aliphatic rings. The van der Waals surface area contributed by atoms with Crippen LogP contribution in [0.15, 0.2) is 54.6 Å². The molecule has 4 saturated carbocycles. The Morgan fingerprint density at radius 1 is 0.943 bits per heavy atom. The molecular weight excluding hydrogens is 460 g/mol. The van der Waals surface area contributed by atoms with Gasteiger partial charge in [-0.05, 0) is 93.0 Å². The second-order valence-electron chi connectivity index (χ2n) is 11.3. The second-order valence-corrected chi connectivity index (χ2v) is 11.7. The van der Waals surface area contributed by atoms with Crippen LogP contribution >= 0.6 is 11.6 Å². The Kier molecular flexibility index (Phi) is 5.52. The lowest BCUT2D eigenvalue weighted by molar-refractivity contribution is -0.164. The highest BCUT2D eigenvalue weighted by Crippen LogP contribution is 2.61. The molecule has 7 rings (SSSR count). The molecule has 0 aromatic heterocycles. The summed E-state index contributed by atoms with van der Waals surface area (Å²) in [4.78, 5) is 44.5. The topological polar surface area (TPSA) is 57.7 Å². The van der Waals surface area contributed by atoms with Gasteiger partial charge >= 0.3 is 0 Å². The Labute approximate surface area is 211 Å². The van der Waals surface area contributed by atoms with E-state index in [-0.39, 0.29) is 30.2 Å². The van der Waals surface area contributed by atoms with Crippen molar-refractivity contribution in [1.82, 2.24) is 4.90 Å². The maximum absolute atomic E-state index is 14.6. The first kappa shape index (κ1) is 22.8. The second kappa shape index (κ2) is 8.48. The van der Waals surface area contributed by atoms with Crippen molar-refractivity contribution in [2.45, 2.75) is 64.0 Å². The van der Waals surface area contributed by atoms with Crippen molar-refractivity contribution in [2.75, 3.05) is 4.90 Å². The van der Waals surface area contributed by atoms with E-state index in [1.54, 1.807) is 29.2 Å². The predicted octanol–water partition coefficient (Wildman–Crippen LogP) is 5.78. The molecule has 1 saturated heterocycles. The molecule has 3 amide bonds. The molecule has 2 aromatic carbocycles. The van der Waals surface area contributed by atoms with Crippen molar-refractivity contribution in [1.29, 1.82) is 0 Å². The first-order valence-electron chi connectivity index (χ1n) is 12.8. The van der Waals surface area contributed by atoms with Gasteiger partial charge in [-0.3, -0.25) is 14.4 Å². The Morgan fingerprint density at radius 2 is 1.51 bits per heavy atom. The fourth-order valence-corrected chi connectivity index (χ4v) is 7.95. The molecule has 0 spiro atoms. The number of carbonyl (C=O) groups excluding carboxylic acids is 3. The van der Waals surface area contributed by atoms with Gasteiger partial charge in [-0.1, -0.05) is 41.9 Å². The Morgan fingerprint density at radius 3 is 2.09 bits per heavy atom. The third-order valence-electron chi connectivity index (χ3n) is 8.97. The summed E-state index contributed by atoms with van der Waals surface area (Å²) in [5.74, 6) is 1.34. The standard InChI is InChI=1S/C29H31ClN2O3/c1-18(22-5-3-2-4-6-22)31(28(35)29-15-19-11-20(16-29)13-21(12-19)17-29)25-14-26(33)32(27(25)34)24-9-7-23(30)8-10-24/h2-10,18-21,25H,11-17H2,1H3. The molecule has 4 bridgehead atoms. The molecule has 1 aliphatic heterocycles. The predicted molar refractivity (Wildman–Crippen MR) is 135 cm³/mol. The van der Waals surface area contributed by atoms with Gasteiger partial charge in [0.2, 0.25) is 11.8 Å². The molecule has 2 unspecified atom stereocenters. The quantitative estimate of drug-likeness (QED) is 0.499. The molecule has 35 heavy (non-hydrogen) atoms. The van der Waals surface area contributed by atoms with E-state index in [1.807, 2.05) is 37.3 Å². The van der Waals surface area contributed by atoms with Gasteiger partial charge in [-0.25, -0.2) is 4.90 Å². The summed E-state index contributed by atoms with van der Waals surface area (Å²) in [5.41, 5.74) is 1.09. The summed E-state index contributed by atoms with van der Waals surface area (Å²) in [6.07, 6.45) is 6.50. The summed E-state index contributed by atoms with van der Waals surface area (Å²) in [7, 11) is 0. The smallest absolute Gasteiger partial charge is 0.257 e. The molecule has 182 valence electrons. The lowest BCUT2D eigenvalue weighted by Crippen LogP contribution is -2.58. The lowest BCUT2D eigenvalue weighted by atomic mass is 9.49. The van der Waals surface area contributed by atoms with Crippen LogP contribution in [0.25, 0.3) is 0 Å². The monoisotopic (exact) mass is 490 g/mol. The first-order valence-corrected chi connectivity index (χ1v) is 13.2. The van der Waals surface area contributed by atoms with Crippen LogP contribution in [0, 0.1) is 23.2 Å². The Hall–Kier alpha value is -2.66. The highest BCUT2D eigenvalue weighted by atomic mass is 35.5. The minimum atomic E-state index is -0.797. The summed E-state index contributed by atoms with van der Waals surface area (Å²) in [6, 6.07) is 15.5. The first-order chi connectivity index (χ1) is 16.8. The van der Waals surface area contributed by atoms with E-state index in [9.17, 15) is 14.4 Å². The Balaban J connectivity index is 1.38. The van der Waals surface area contributed by atoms with Gasteiger partial charge < -0.3 is 4.90 Å². The summed E-state index contributed by atoms with van der Waals surface area (Å²) in [6.45, 7) is 2.00. The molecule has 2 atom stereocenters. The van der Waals surface area contributed by atoms with Crippen LogP contribution in [0.4, 0.5) is 5.69 Å². The van der Waals surface area contributed by atoms with E-state index in [2.05, 4.69) is 0 Å². The molecule has 0 N–H and O–H groups in total. The molecule has 6 heteroatoms. The fraction of sp³-hybridized carbons (Fsp3) is 0.483. The number of amides is 3. The van der Waals surface area contributed by atoms with Gasteiger partial charge in [0.15, 0.2) is 0 Å². The normalized spacial score (nSPS) is 32.2. The van der Waals surface area contributed by atoms with Gasteiger partial charge in [0.1, 0.15) is 6.04 Å². The van der Waals surface area contributed by atoms with Crippen LogP contribution in [0.3, 0.4) is 0 Å². The zero-order valence-electron chi connectivity index (χ0n) is 20.0. The summed E-state index contributed by atoms with van der Waals surface area (Å²) >= 11 is 6.03. The van der Waals surface area contributed by atoms with E-state index >= 15 is 0 Å².